The number of anilines is 1. The van der Waals surface area contributed by atoms with Gasteiger partial charge in [-0.15, -0.1) is 0 Å². The Bertz CT molecular complexity index is 751. The van der Waals surface area contributed by atoms with Crippen molar-refractivity contribution in [1.82, 2.24) is 0 Å². The highest BCUT2D eigenvalue weighted by atomic mass is 15.1. The van der Waals surface area contributed by atoms with Crippen molar-refractivity contribution >= 4 is 25.0 Å². The van der Waals surface area contributed by atoms with Gasteiger partial charge in [-0.3, -0.25) is 0 Å². The predicted molar refractivity (Wildman–Crippen MR) is 97.3 cm³/mol. The summed E-state index contributed by atoms with van der Waals surface area (Å²) in [6, 6.07) is 10.5. The van der Waals surface area contributed by atoms with Gasteiger partial charge in [0.2, 0.25) is 7.98 Å². The molecule has 0 saturated carbocycles. The van der Waals surface area contributed by atoms with Gasteiger partial charge in [0.1, 0.15) is 0 Å². The molecule has 0 saturated heterocycles. The topological polar surface area (TPSA) is 28.0 Å². The normalized spacial score (nSPS) is 14.0. The van der Waals surface area contributed by atoms with Crippen LogP contribution in [-0.2, 0) is 12.8 Å². The first kappa shape index (κ1) is 15.8. The molecule has 116 valence electrons. The average molecular weight is 303 g/mol. The lowest BCUT2D eigenvalue weighted by molar-refractivity contribution is 0.685. The van der Waals surface area contributed by atoms with Crippen molar-refractivity contribution in [3.05, 3.63) is 52.6 Å². The Labute approximate surface area is 139 Å². The van der Waals surface area contributed by atoms with Crippen LogP contribution in [0.5, 0.6) is 0 Å². The van der Waals surface area contributed by atoms with Gasteiger partial charge in [-0.05, 0) is 93.1 Å². The van der Waals surface area contributed by atoms with E-state index in [0.29, 0.717) is 0 Å². The van der Waals surface area contributed by atoms with Crippen LogP contribution in [0.2, 0.25) is 0 Å². The fourth-order valence-corrected chi connectivity index (χ4v) is 3.17. The summed E-state index contributed by atoms with van der Waals surface area (Å²) >= 11 is 0. The third kappa shape index (κ3) is 3.47. The lowest BCUT2D eigenvalue weighted by Crippen LogP contribution is -2.12. The third-order valence-electron chi connectivity index (χ3n) is 4.50. The Balaban J connectivity index is 1.87. The van der Waals surface area contributed by atoms with E-state index in [-0.39, 0.29) is 0 Å². The van der Waals surface area contributed by atoms with Crippen LogP contribution in [0.3, 0.4) is 0 Å². The molecular formula is C19H22BN3. The smallest absolute Gasteiger partial charge is 0.226 e. The number of azo groups is 1. The van der Waals surface area contributed by atoms with Crippen LogP contribution in [0.15, 0.2) is 40.6 Å². The van der Waals surface area contributed by atoms with Gasteiger partial charge in [-0.25, -0.2) is 0 Å². The lowest BCUT2D eigenvalue weighted by Gasteiger charge is -2.17. The minimum absolute atomic E-state index is 0.894. The van der Waals surface area contributed by atoms with E-state index in [9.17, 15) is 0 Å². The van der Waals surface area contributed by atoms with Crippen molar-refractivity contribution in [3.8, 4) is 0 Å². The molecule has 0 aliphatic heterocycles. The molecule has 0 spiro atoms. The average Bonchev–Trinajstić information content (AvgIpc) is 2.54. The van der Waals surface area contributed by atoms with Crippen molar-refractivity contribution in [2.75, 3.05) is 11.9 Å². The second kappa shape index (κ2) is 6.57. The van der Waals surface area contributed by atoms with Crippen molar-refractivity contribution in [2.45, 2.75) is 39.5 Å². The van der Waals surface area contributed by atoms with Gasteiger partial charge in [-0.1, -0.05) is 6.07 Å². The van der Waals surface area contributed by atoms with Gasteiger partial charge in [0.05, 0.1) is 11.4 Å². The van der Waals surface area contributed by atoms with Gasteiger partial charge >= 0.3 is 0 Å². The first-order valence-corrected chi connectivity index (χ1v) is 8.18. The van der Waals surface area contributed by atoms with Gasteiger partial charge in [-0.2, -0.15) is 10.2 Å². The molecule has 2 aromatic rings. The van der Waals surface area contributed by atoms with Crippen molar-refractivity contribution in [3.63, 3.8) is 0 Å². The van der Waals surface area contributed by atoms with E-state index in [1.165, 1.54) is 30.4 Å². The van der Waals surface area contributed by atoms with E-state index in [1.54, 1.807) is 4.81 Å². The number of hydrogen-bond donors (Lipinski definition) is 0. The zero-order valence-electron chi connectivity index (χ0n) is 14.1. The largest absolute Gasteiger partial charge is 0.427 e. The van der Waals surface area contributed by atoms with Crippen molar-refractivity contribution in [1.29, 1.82) is 0 Å². The fraction of sp³-hybridized carbons (Fsp3) is 0.368. The zero-order valence-corrected chi connectivity index (χ0v) is 14.1. The highest BCUT2D eigenvalue weighted by Crippen LogP contribution is 2.30. The maximum atomic E-state index is 5.84. The number of aryl methyl sites for hydroxylation is 4. The molecule has 3 rings (SSSR count). The zero-order chi connectivity index (χ0) is 16.4. The van der Waals surface area contributed by atoms with Crippen LogP contribution in [0, 0.1) is 13.8 Å². The highest BCUT2D eigenvalue weighted by Gasteiger charge is 2.09. The molecule has 0 amide bonds. The number of benzene rings is 2. The van der Waals surface area contributed by atoms with E-state index in [1.807, 2.05) is 27.0 Å². The lowest BCUT2D eigenvalue weighted by atomic mass is 9.91. The quantitative estimate of drug-likeness (QED) is 0.571. The molecule has 0 aromatic heterocycles. The first-order chi connectivity index (χ1) is 11.0. The standard InChI is InChI=1S/C19H22BN3/c1-13-11-19(23(3)20)14(2)10-18(13)22-21-17-9-8-15-6-4-5-7-16(15)12-17/h8-12H,4-7H2,1-3H3. The molecule has 23 heavy (non-hydrogen) atoms. The second-order valence-electron chi connectivity index (χ2n) is 6.40. The third-order valence-corrected chi connectivity index (χ3v) is 4.50. The minimum atomic E-state index is 0.894. The summed E-state index contributed by atoms with van der Waals surface area (Å²) in [6.45, 7) is 4.07. The van der Waals surface area contributed by atoms with Crippen LogP contribution >= 0.6 is 0 Å². The summed E-state index contributed by atoms with van der Waals surface area (Å²) in [6.07, 6.45) is 4.93. The molecule has 2 aromatic carbocycles. The van der Waals surface area contributed by atoms with Crippen molar-refractivity contribution < 1.29 is 0 Å². The Morgan fingerprint density at radius 2 is 1.65 bits per heavy atom. The minimum Gasteiger partial charge on any atom is -0.427 e. The summed E-state index contributed by atoms with van der Waals surface area (Å²) in [5.41, 5.74) is 7.91. The predicted octanol–water partition coefficient (Wildman–Crippen LogP) is 5.12. The van der Waals surface area contributed by atoms with Crippen LogP contribution in [0.1, 0.15) is 35.1 Å². The number of fused-ring (bicyclic) bond motifs is 1. The Morgan fingerprint density at radius 1 is 0.913 bits per heavy atom. The molecular weight excluding hydrogens is 281 g/mol. The van der Waals surface area contributed by atoms with Crippen LogP contribution in [0.25, 0.3) is 0 Å². The maximum Gasteiger partial charge on any atom is 0.226 e. The summed E-state index contributed by atoms with van der Waals surface area (Å²) in [4.78, 5) is 1.63. The fourth-order valence-electron chi connectivity index (χ4n) is 3.17. The van der Waals surface area contributed by atoms with E-state index in [2.05, 4.69) is 34.5 Å². The maximum absolute atomic E-state index is 5.84. The second-order valence-corrected chi connectivity index (χ2v) is 6.40. The molecule has 0 N–H and O–H groups in total. The molecule has 1 aliphatic rings. The summed E-state index contributed by atoms with van der Waals surface area (Å²) in [7, 11) is 7.69. The van der Waals surface area contributed by atoms with Crippen LogP contribution in [-0.4, -0.2) is 15.0 Å². The Kier molecular flexibility index (Phi) is 4.51. The van der Waals surface area contributed by atoms with Crippen molar-refractivity contribution in [2.24, 2.45) is 10.2 Å². The molecule has 0 fully saturated rings. The molecule has 0 bridgehead atoms. The number of hydrogen-bond acceptors (Lipinski definition) is 3. The Hall–Kier alpha value is -2.10. The molecule has 1 aliphatic carbocycles. The molecule has 2 radical (unpaired) electrons. The van der Waals surface area contributed by atoms with Crippen LogP contribution < -0.4 is 4.81 Å². The highest BCUT2D eigenvalue weighted by molar-refractivity contribution is 6.17. The first-order valence-electron chi connectivity index (χ1n) is 8.18. The summed E-state index contributed by atoms with van der Waals surface area (Å²) in [5.74, 6) is 0. The SMILES string of the molecule is [B]N(C)c1cc(C)c(N=Nc2ccc3c(c2)CCCC3)cc1C. The molecule has 0 heterocycles. The van der Waals surface area contributed by atoms with Gasteiger partial charge in [0, 0.05) is 5.69 Å². The number of rotatable bonds is 3. The molecule has 3 nitrogen and oxygen atoms in total. The summed E-state index contributed by atoms with van der Waals surface area (Å²) < 4.78 is 0. The molecule has 0 atom stereocenters. The van der Waals surface area contributed by atoms with E-state index in [4.69, 9.17) is 7.98 Å². The van der Waals surface area contributed by atoms with E-state index in [0.717, 1.165) is 34.6 Å². The van der Waals surface area contributed by atoms with Gasteiger partial charge in [0.15, 0.2) is 0 Å². The van der Waals surface area contributed by atoms with Gasteiger partial charge in [0.25, 0.3) is 0 Å². The van der Waals surface area contributed by atoms with E-state index < -0.39 is 0 Å². The van der Waals surface area contributed by atoms with Gasteiger partial charge < -0.3 is 4.81 Å². The number of nitrogens with zero attached hydrogens (tertiary/aromatic N) is 3. The monoisotopic (exact) mass is 303 g/mol. The molecule has 4 heteroatoms. The summed E-state index contributed by atoms with van der Waals surface area (Å²) in [5, 5.41) is 8.89. The molecule has 0 unspecified atom stereocenters. The van der Waals surface area contributed by atoms with E-state index >= 15 is 0 Å². The van der Waals surface area contributed by atoms with Crippen LogP contribution in [0.4, 0.5) is 17.1 Å². The Morgan fingerprint density at radius 3 is 2.39 bits per heavy atom.